The van der Waals surface area contributed by atoms with Crippen molar-refractivity contribution in [3.05, 3.63) is 12.4 Å². The lowest BCUT2D eigenvalue weighted by Crippen LogP contribution is -2.37. The Kier molecular flexibility index (Phi) is 15.7. The second-order valence-corrected chi connectivity index (χ2v) is 8.77. The van der Waals surface area contributed by atoms with E-state index < -0.39 is 0 Å². The number of rotatable bonds is 19. The van der Waals surface area contributed by atoms with Crippen LogP contribution in [0, 0.1) is 0 Å². The van der Waals surface area contributed by atoms with Gasteiger partial charge in [0.2, 0.25) is 0 Å². The summed E-state index contributed by atoms with van der Waals surface area (Å²) in [5.74, 6) is 0. The van der Waals surface area contributed by atoms with Gasteiger partial charge < -0.3 is 9.80 Å². The molecule has 2 heteroatoms. The molecule has 0 N–H and O–H groups in total. The van der Waals surface area contributed by atoms with E-state index in [1.807, 2.05) is 0 Å². The second kappa shape index (κ2) is 17.4. The summed E-state index contributed by atoms with van der Waals surface area (Å²) < 4.78 is 0. The molecule has 0 saturated carbocycles. The van der Waals surface area contributed by atoms with Crippen molar-refractivity contribution >= 4 is 0 Å². The van der Waals surface area contributed by atoms with Crippen LogP contribution in [0.1, 0.15) is 129 Å². The van der Waals surface area contributed by atoms with Crippen LogP contribution in [0.15, 0.2) is 12.4 Å². The van der Waals surface area contributed by atoms with Gasteiger partial charge in [0, 0.05) is 26.0 Å². The van der Waals surface area contributed by atoms with Crippen molar-refractivity contribution in [1.82, 2.24) is 9.80 Å². The smallest absolute Gasteiger partial charge is 0.100 e. The molecule has 160 valence electrons. The number of unbranched alkanes of at least 4 members (excludes halogenated alkanes) is 15. The zero-order valence-electron chi connectivity index (χ0n) is 19.1. The molecule has 1 rings (SSSR count). The van der Waals surface area contributed by atoms with E-state index in [1.165, 1.54) is 122 Å². The molecule has 0 radical (unpaired) electrons. The van der Waals surface area contributed by atoms with E-state index in [1.54, 1.807) is 0 Å². The summed E-state index contributed by atoms with van der Waals surface area (Å²) in [5.41, 5.74) is 0. The zero-order chi connectivity index (χ0) is 19.6. The predicted molar refractivity (Wildman–Crippen MR) is 122 cm³/mol. The Balaban J connectivity index is 1.99. The summed E-state index contributed by atoms with van der Waals surface area (Å²) in [6.45, 7) is 5.84. The average molecular weight is 379 g/mol. The SMILES string of the molecule is CCCCCCCCCCCCC1N(C)C=CN1CCCCCCCCC. The molecule has 0 fully saturated rings. The van der Waals surface area contributed by atoms with Crippen LogP contribution < -0.4 is 0 Å². The van der Waals surface area contributed by atoms with Crippen LogP contribution in [0.4, 0.5) is 0 Å². The first-order valence-electron chi connectivity index (χ1n) is 12.5. The molecular formula is C25H50N2. The molecule has 1 atom stereocenters. The van der Waals surface area contributed by atoms with E-state index in [2.05, 4.69) is 43.1 Å². The van der Waals surface area contributed by atoms with Crippen molar-refractivity contribution in [2.75, 3.05) is 13.6 Å². The first-order chi connectivity index (χ1) is 13.3. The molecule has 0 aromatic carbocycles. The Bertz CT molecular complexity index is 339. The van der Waals surface area contributed by atoms with Crippen LogP contribution >= 0.6 is 0 Å². The lowest BCUT2D eigenvalue weighted by Gasteiger charge is -2.30. The summed E-state index contributed by atoms with van der Waals surface area (Å²) in [6, 6.07) is 0. The van der Waals surface area contributed by atoms with Gasteiger partial charge >= 0.3 is 0 Å². The van der Waals surface area contributed by atoms with E-state index in [4.69, 9.17) is 0 Å². The fraction of sp³-hybridized carbons (Fsp3) is 0.920. The van der Waals surface area contributed by atoms with Gasteiger partial charge in [0.15, 0.2) is 0 Å². The summed E-state index contributed by atoms with van der Waals surface area (Å²) >= 11 is 0. The van der Waals surface area contributed by atoms with Gasteiger partial charge in [-0.15, -0.1) is 0 Å². The lowest BCUT2D eigenvalue weighted by atomic mass is 10.0. The molecule has 27 heavy (non-hydrogen) atoms. The fourth-order valence-electron chi connectivity index (χ4n) is 4.28. The fourth-order valence-corrected chi connectivity index (χ4v) is 4.28. The summed E-state index contributed by atoms with van der Waals surface area (Å²) in [7, 11) is 2.25. The van der Waals surface area contributed by atoms with Gasteiger partial charge in [0.25, 0.3) is 0 Å². The molecule has 0 saturated heterocycles. The molecule has 0 bridgehead atoms. The number of hydrogen-bond donors (Lipinski definition) is 0. The summed E-state index contributed by atoms with van der Waals surface area (Å²) in [4.78, 5) is 5.02. The van der Waals surface area contributed by atoms with Crippen molar-refractivity contribution in [3.8, 4) is 0 Å². The molecule has 2 nitrogen and oxygen atoms in total. The Hall–Kier alpha value is -0.660. The minimum Gasteiger partial charge on any atom is -0.359 e. The molecule has 1 aliphatic heterocycles. The van der Waals surface area contributed by atoms with Crippen molar-refractivity contribution in [1.29, 1.82) is 0 Å². The van der Waals surface area contributed by atoms with Crippen molar-refractivity contribution in [2.24, 2.45) is 0 Å². The van der Waals surface area contributed by atoms with Crippen molar-refractivity contribution in [3.63, 3.8) is 0 Å². The van der Waals surface area contributed by atoms with Crippen molar-refractivity contribution in [2.45, 2.75) is 136 Å². The quantitative estimate of drug-likeness (QED) is 0.209. The highest BCUT2D eigenvalue weighted by atomic mass is 15.4. The Labute approximate surface area is 171 Å². The molecule has 1 heterocycles. The molecule has 0 aromatic heterocycles. The Morgan fingerprint density at radius 2 is 1.00 bits per heavy atom. The van der Waals surface area contributed by atoms with Crippen LogP contribution in [0.5, 0.6) is 0 Å². The molecule has 0 spiro atoms. The maximum atomic E-state index is 2.60. The van der Waals surface area contributed by atoms with E-state index in [9.17, 15) is 0 Å². The topological polar surface area (TPSA) is 6.48 Å². The van der Waals surface area contributed by atoms with E-state index in [0.29, 0.717) is 6.17 Å². The number of nitrogens with zero attached hydrogens (tertiary/aromatic N) is 2. The summed E-state index contributed by atoms with van der Waals surface area (Å²) in [6.07, 6.45) is 30.7. The van der Waals surface area contributed by atoms with E-state index in [-0.39, 0.29) is 0 Å². The molecular weight excluding hydrogens is 328 g/mol. The van der Waals surface area contributed by atoms with Gasteiger partial charge in [-0.2, -0.15) is 0 Å². The first-order valence-corrected chi connectivity index (χ1v) is 12.5. The maximum Gasteiger partial charge on any atom is 0.100 e. The minimum absolute atomic E-state index is 0.624. The van der Waals surface area contributed by atoms with Crippen LogP contribution in [-0.2, 0) is 0 Å². The van der Waals surface area contributed by atoms with Gasteiger partial charge in [-0.25, -0.2) is 0 Å². The van der Waals surface area contributed by atoms with Crippen LogP contribution in [0.25, 0.3) is 0 Å². The summed E-state index contributed by atoms with van der Waals surface area (Å²) in [5, 5.41) is 0. The van der Waals surface area contributed by atoms with E-state index in [0.717, 1.165) is 0 Å². The third-order valence-electron chi connectivity index (χ3n) is 6.18. The Morgan fingerprint density at radius 1 is 0.556 bits per heavy atom. The lowest BCUT2D eigenvalue weighted by molar-refractivity contribution is 0.159. The highest BCUT2D eigenvalue weighted by molar-refractivity contribution is 4.95. The van der Waals surface area contributed by atoms with Gasteiger partial charge in [-0.1, -0.05) is 110 Å². The Morgan fingerprint density at radius 3 is 1.52 bits per heavy atom. The normalized spacial score (nSPS) is 16.6. The largest absolute Gasteiger partial charge is 0.359 e. The van der Waals surface area contributed by atoms with Gasteiger partial charge in [0.05, 0.1) is 0 Å². The van der Waals surface area contributed by atoms with Gasteiger partial charge in [-0.05, 0) is 19.3 Å². The molecule has 0 aromatic rings. The highest BCUT2D eigenvalue weighted by Crippen LogP contribution is 2.21. The van der Waals surface area contributed by atoms with Crippen molar-refractivity contribution < 1.29 is 0 Å². The zero-order valence-corrected chi connectivity index (χ0v) is 19.1. The van der Waals surface area contributed by atoms with Gasteiger partial charge in [-0.3, -0.25) is 0 Å². The monoisotopic (exact) mass is 378 g/mol. The standard InChI is InChI=1S/C25H50N2/c1-4-6-8-10-12-13-14-15-17-19-21-25-26(3)23-24-27(25)22-20-18-16-11-9-7-5-2/h23-25H,4-22H2,1-3H3. The molecule has 0 aliphatic carbocycles. The van der Waals surface area contributed by atoms with Crippen LogP contribution in [-0.4, -0.2) is 29.6 Å². The molecule has 1 aliphatic rings. The second-order valence-electron chi connectivity index (χ2n) is 8.77. The minimum atomic E-state index is 0.624. The molecule has 0 amide bonds. The van der Waals surface area contributed by atoms with Gasteiger partial charge in [0.1, 0.15) is 6.17 Å². The number of hydrogen-bond acceptors (Lipinski definition) is 2. The molecule has 1 unspecified atom stereocenters. The van der Waals surface area contributed by atoms with E-state index >= 15 is 0 Å². The third kappa shape index (κ3) is 12.4. The predicted octanol–water partition coefficient (Wildman–Crippen LogP) is 8.09. The third-order valence-corrected chi connectivity index (χ3v) is 6.18. The average Bonchev–Trinajstić information content (AvgIpc) is 3.02. The van der Waals surface area contributed by atoms with Crippen LogP contribution in [0.3, 0.4) is 0 Å². The maximum absolute atomic E-state index is 2.60. The first kappa shape index (κ1) is 24.4. The van der Waals surface area contributed by atoms with Crippen LogP contribution in [0.2, 0.25) is 0 Å². The highest BCUT2D eigenvalue weighted by Gasteiger charge is 2.22.